The number of nitrogens with one attached hydrogen (secondary N) is 1. The average Bonchev–Trinajstić information content (AvgIpc) is 2.50. The highest BCUT2D eigenvalue weighted by Crippen LogP contribution is 2.23. The van der Waals surface area contributed by atoms with Gasteiger partial charge in [0.2, 0.25) is 0 Å². The van der Waals surface area contributed by atoms with Crippen molar-refractivity contribution >= 4 is 0 Å². The summed E-state index contributed by atoms with van der Waals surface area (Å²) in [5.41, 5.74) is 1.12. The molecule has 1 aromatic carbocycles. The summed E-state index contributed by atoms with van der Waals surface area (Å²) >= 11 is 0. The van der Waals surface area contributed by atoms with Crippen LogP contribution < -0.4 is 14.8 Å². The minimum Gasteiger partial charge on any atom is -0.494 e. The normalized spacial score (nSPS) is 10.4. The van der Waals surface area contributed by atoms with Crippen molar-refractivity contribution in [3.8, 4) is 17.2 Å². The summed E-state index contributed by atoms with van der Waals surface area (Å²) in [5.74, 6) is 2.37. The van der Waals surface area contributed by atoms with Gasteiger partial charge in [0.25, 0.3) is 0 Å². The number of aromatic nitrogens is 1. The lowest BCUT2D eigenvalue weighted by atomic mass is 10.2. The van der Waals surface area contributed by atoms with E-state index in [0.29, 0.717) is 6.61 Å². The molecule has 0 atom stereocenters. The topological polar surface area (TPSA) is 43.4 Å². The maximum atomic E-state index is 5.81. The van der Waals surface area contributed by atoms with Gasteiger partial charge in [-0.25, -0.2) is 0 Å². The summed E-state index contributed by atoms with van der Waals surface area (Å²) in [6, 6.07) is 9.60. The van der Waals surface area contributed by atoms with Gasteiger partial charge in [-0.05, 0) is 55.8 Å². The van der Waals surface area contributed by atoms with Crippen LogP contribution in [0.5, 0.6) is 17.2 Å². The van der Waals surface area contributed by atoms with Crippen molar-refractivity contribution in [3.05, 3.63) is 48.3 Å². The Bertz CT molecular complexity index is 541. The van der Waals surface area contributed by atoms with E-state index in [1.807, 2.05) is 43.5 Å². The van der Waals surface area contributed by atoms with Crippen molar-refractivity contribution in [1.82, 2.24) is 10.3 Å². The van der Waals surface area contributed by atoms with Crippen molar-refractivity contribution in [2.75, 3.05) is 13.2 Å². The third-order valence-corrected chi connectivity index (χ3v) is 2.90. The van der Waals surface area contributed by atoms with Gasteiger partial charge in [0.05, 0.1) is 12.8 Å². The molecule has 21 heavy (non-hydrogen) atoms. The summed E-state index contributed by atoms with van der Waals surface area (Å²) in [4.78, 5) is 4.22. The van der Waals surface area contributed by atoms with Crippen molar-refractivity contribution in [3.63, 3.8) is 0 Å². The maximum absolute atomic E-state index is 5.81. The molecule has 1 heterocycles. The molecule has 0 aliphatic rings. The standard InChI is InChI=1S/C17H22N2O2/c1-3-9-18-11-14-10-17(13-19-12-14)21-16-7-5-15(6-8-16)20-4-2/h5-8,10,12-13,18H,3-4,9,11H2,1-2H3. The number of rotatable bonds is 8. The van der Waals surface area contributed by atoms with Crippen LogP contribution in [0.15, 0.2) is 42.7 Å². The number of hydrogen-bond donors (Lipinski definition) is 1. The maximum Gasteiger partial charge on any atom is 0.146 e. The molecule has 0 fully saturated rings. The van der Waals surface area contributed by atoms with Crippen LogP contribution in [0.4, 0.5) is 0 Å². The Hall–Kier alpha value is -2.07. The van der Waals surface area contributed by atoms with Gasteiger partial charge < -0.3 is 14.8 Å². The largest absolute Gasteiger partial charge is 0.494 e. The van der Waals surface area contributed by atoms with Crippen LogP contribution >= 0.6 is 0 Å². The Kier molecular flexibility index (Phi) is 6.03. The average molecular weight is 286 g/mol. The van der Waals surface area contributed by atoms with Crippen LogP contribution in [-0.4, -0.2) is 18.1 Å². The zero-order valence-electron chi connectivity index (χ0n) is 12.6. The molecule has 0 unspecified atom stereocenters. The first kappa shape index (κ1) is 15.3. The molecule has 4 nitrogen and oxygen atoms in total. The fourth-order valence-corrected chi connectivity index (χ4v) is 1.93. The van der Waals surface area contributed by atoms with E-state index in [9.17, 15) is 0 Å². The molecular formula is C17H22N2O2. The quantitative estimate of drug-likeness (QED) is 0.750. The molecule has 0 bridgehead atoms. The van der Waals surface area contributed by atoms with E-state index >= 15 is 0 Å². The first-order valence-electron chi connectivity index (χ1n) is 7.37. The predicted octanol–water partition coefficient (Wildman–Crippen LogP) is 3.77. The lowest BCUT2D eigenvalue weighted by Crippen LogP contribution is -2.13. The number of pyridine rings is 1. The molecule has 0 aliphatic carbocycles. The van der Waals surface area contributed by atoms with E-state index in [2.05, 4.69) is 17.2 Å². The molecule has 1 aromatic heterocycles. The first-order valence-corrected chi connectivity index (χ1v) is 7.37. The summed E-state index contributed by atoms with van der Waals surface area (Å²) in [5, 5.41) is 3.35. The molecule has 2 rings (SSSR count). The lowest BCUT2D eigenvalue weighted by Gasteiger charge is -2.09. The van der Waals surface area contributed by atoms with Gasteiger partial charge >= 0.3 is 0 Å². The van der Waals surface area contributed by atoms with E-state index in [1.54, 1.807) is 6.20 Å². The highest BCUT2D eigenvalue weighted by molar-refractivity contribution is 5.35. The SMILES string of the molecule is CCCNCc1cncc(Oc2ccc(OCC)cc2)c1. The van der Waals surface area contributed by atoms with Crippen LogP contribution in [-0.2, 0) is 6.54 Å². The van der Waals surface area contributed by atoms with E-state index < -0.39 is 0 Å². The second kappa shape index (κ2) is 8.27. The molecule has 1 N–H and O–H groups in total. The minimum absolute atomic E-state index is 0.664. The molecule has 0 amide bonds. The van der Waals surface area contributed by atoms with Crippen molar-refractivity contribution in [1.29, 1.82) is 0 Å². The second-order valence-corrected chi connectivity index (χ2v) is 4.71. The third kappa shape index (κ3) is 5.08. The zero-order valence-corrected chi connectivity index (χ0v) is 12.6. The van der Waals surface area contributed by atoms with Crippen LogP contribution in [0, 0.1) is 0 Å². The predicted molar refractivity (Wildman–Crippen MR) is 83.9 cm³/mol. The number of hydrogen-bond acceptors (Lipinski definition) is 4. The van der Waals surface area contributed by atoms with Crippen LogP contribution in [0.2, 0.25) is 0 Å². The van der Waals surface area contributed by atoms with Crippen LogP contribution in [0.1, 0.15) is 25.8 Å². The second-order valence-electron chi connectivity index (χ2n) is 4.71. The summed E-state index contributed by atoms with van der Waals surface area (Å²) in [6.07, 6.45) is 4.70. The Balaban J connectivity index is 1.96. The molecule has 0 saturated carbocycles. The summed E-state index contributed by atoms with van der Waals surface area (Å²) in [6.45, 7) is 6.59. The molecule has 112 valence electrons. The molecule has 0 aliphatic heterocycles. The van der Waals surface area contributed by atoms with E-state index in [-0.39, 0.29) is 0 Å². The van der Waals surface area contributed by atoms with Crippen molar-refractivity contribution in [2.24, 2.45) is 0 Å². The van der Waals surface area contributed by atoms with Crippen LogP contribution in [0.25, 0.3) is 0 Å². The minimum atomic E-state index is 0.664. The fourth-order valence-electron chi connectivity index (χ4n) is 1.93. The molecule has 0 saturated heterocycles. The van der Waals surface area contributed by atoms with E-state index in [4.69, 9.17) is 9.47 Å². The van der Waals surface area contributed by atoms with Gasteiger partial charge in [-0.1, -0.05) is 6.92 Å². The Morgan fingerprint density at radius 3 is 2.48 bits per heavy atom. The first-order chi connectivity index (χ1) is 10.3. The highest BCUT2D eigenvalue weighted by atomic mass is 16.5. The van der Waals surface area contributed by atoms with Crippen molar-refractivity contribution in [2.45, 2.75) is 26.8 Å². The number of ether oxygens (including phenoxy) is 2. The van der Waals surface area contributed by atoms with Gasteiger partial charge in [-0.15, -0.1) is 0 Å². The van der Waals surface area contributed by atoms with E-state index in [1.165, 1.54) is 0 Å². The molecular weight excluding hydrogens is 264 g/mol. The molecule has 4 heteroatoms. The van der Waals surface area contributed by atoms with Gasteiger partial charge in [0, 0.05) is 12.7 Å². The summed E-state index contributed by atoms with van der Waals surface area (Å²) in [7, 11) is 0. The number of nitrogens with zero attached hydrogens (tertiary/aromatic N) is 1. The molecule has 0 radical (unpaired) electrons. The Morgan fingerprint density at radius 1 is 1.00 bits per heavy atom. The monoisotopic (exact) mass is 286 g/mol. The van der Waals surface area contributed by atoms with Gasteiger partial charge in [0.15, 0.2) is 0 Å². The number of benzene rings is 1. The molecule has 2 aromatic rings. The summed E-state index contributed by atoms with van der Waals surface area (Å²) < 4.78 is 11.2. The highest BCUT2D eigenvalue weighted by Gasteiger charge is 2.01. The fraction of sp³-hybridized carbons (Fsp3) is 0.353. The van der Waals surface area contributed by atoms with Gasteiger partial charge in [0.1, 0.15) is 17.2 Å². The van der Waals surface area contributed by atoms with Gasteiger partial charge in [-0.2, -0.15) is 0 Å². The third-order valence-electron chi connectivity index (χ3n) is 2.90. The van der Waals surface area contributed by atoms with Gasteiger partial charge in [-0.3, -0.25) is 4.98 Å². The zero-order chi connectivity index (χ0) is 14.9. The lowest BCUT2D eigenvalue weighted by molar-refractivity contribution is 0.339. The van der Waals surface area contributed by atoms with Crippen LogP contribution in [0.3, 0.4) is 0 Å². The Morgan fingerprint density at radius 2 is 1.76 bits per heavy atom. The van der Waals surface area contributed by atoms with Crippen molar-refractivity contribution < 1.29 is 9.47 Å². The molecule has 0 spiro atoms. The smallest absolute Gasteiger partial charge is 0.146 e. The Labute approximate surface area is 126 Å². The van der Waals surface area contributed by atoms with E-state index in [0.717, 1.165) is 42.3 Å².